The van der Waals surface area contributed by atoms with Crippen LogP contribution in [0, 0.1) is 0 Å². The summed E-state index contributed by atoms with van der Waals surface area (Å²) in [6, 6.07) is 0.00672. The highest BCUT2D eigenvalue weighted by Gasteiger charge is 2.28. The summed E-state index contributed by atoms with van der Waals surface area (Å²) in [5, 5.41) is 12.3. The maximum absolute atomic E-state index is 11.1. The molecule has 0 spiro atoms. The first-order valence-electron chi connectivity index (χ1n) is 7.36. The summed E-state index contributed by atoms with van der Waals surface area (Å²) in [5.74, 6) is -0.744. The van der Waals surface area contributed by atoms with Gasteiger partial charge in [0, 0.05) is 12.6 Å². The number of rotatable bonds is 7. The minimum Gasteiger partial charge on any atom is -0.480 e. The van der Waals surface area contributed by atoms with E-state index in [-0.39, 0.29) is 0 Å². The second-order valence-electron chi connectivity index (χ2n) is 5.60. The summed E-state index contributed by atoms with van der Waals surface area (Å²) in [6.45, 7) is 0.571. The van der Waals surface area contributed by atoms with Crippen LogP contribution in [0.4, 0.5) is 0 Å². The smallest absolute Gasteiger partial charge is 0.320 e. The highest BCUT2D eigenvalue weighted by molar-refractivity contribution is 5.73. The van der Waals surface area contributed by atoms with E-state index in [2.05, 4.69) is 5.32 Å². The van der Waals surface area contributed by atoms with E-state index in [1.165, 1.54) is 25.7 Å². The van der Waals surface area contributed by atoms with Crippen LogP contribution in [0.1, 0.15) is 57.8 Å². The van der Waals surface area contributed by atoms with Gasteiger partial charge in [-0.25, -0.2) is 0 Å². The topological polar surface area (TPSA) is 58.6 Å². The fourth-order valence-corrected chi connectivity index (χ4v) is 2.57. The van der Waals surface area contributed by atoms with Crippen molar-refractivity contribution < 1.29 is 14.6 Å². The van der Waals surface area contributed by atoms with Crippen LogP contribution in [0.15, 0.2) is 0 Å². The van der Waals surface area contributed by atoms with E-state index < -0.39 is 12.0 Å². The molecule has 0 aromatic carbocycles. The van der Waals surface area contributed by atoms with Crippen LogP contribution in [-0.2, 0) is 9.53 Å². The Labute approximate surface area is 109 Å². The van der Waals surface area contributed by atoms with Crippen molar-refractivity contribution in [1.29, 1.82) is 0 Å². The summed E-state index contributed by atoms with van der Waals surface area (Å²) in [4.78, 5) is 11.1. The molecule has 2 rings (SSSR count). The third kappa shape index (κ3) is 4.94. The standard InChI is InChI=1S/C14H25NO3/c16-14(17)13(15-11-7-8-11)9-10-18-12-5-3-1-2-4-6-12/h11-13,15H,1-10H2,(H,16,17). The molecule has 4 nitrogen and oxygen atoms in total. The molecular formula is C14H25NO3. The normalized spacial score (nSPS) is 23.6. The van der Waals surface area contributed by atoms with Crippen LogP contribution >= 0.6 is 0 Å². The number of hydrogen-bond donors (Lipinski definition) is 2. The number of ether oxygens (including phenoxy) is 1. The Balaban J connectivity index is 1.63. The summed E-state index contributed by atoms with van der Waals surface area (Å²) >= 11 is 0. The van der Waals surface area contributed by atoms with Crippen molar-refractivity contribution in [1.82, 2.24) is 5.32 Å². The molecule has 0 aromatic heterocycles. The van der Waals surface area contributed by atoms with E-state index in [1.807, 2.05) is 0 Å². The molecule has 18 heavy (non-hydrogen) atoms. The third-order valence-electron chi connectivity index (χ3n) is 3.87. The number of carboxylic acid groups (broad SMARTS) is 1. The van der Waals surface area contributed by atoms with Crippen LogP contribution in [-0.4, -0.2) is 35.9 Å². The summed E-state index contributed by atoms with van der Waals surface area (Å²) in [6.07, 6.45) is 10.6. The largest absolute Gasteiger partial charge is 0.480 e. The molecule has 0 radical (unpaired) electrons. The first-order valence-corrected chi connectivity index (χ1v) is 7.36. The van der Waals surface area contributed by atoms with E-state index in [9.17, 15) is 4.79 Å². The van der Waals surface area contributed by atoms with E-state index in [4.69, 9.17) is 9.84 Å². The molecule has 2 aliphatic carbocycles. The van der Waals surface area contributed by atoms with Gasteiger partial charge in [-0.2, -0.15) is 0 Å². The maximum Gasteiger partial charge on any atom is 0.320 e. The molecule has 2 saturated carbocycles. The molecule has 1 unspecified atom stereocenters. The lowest BCUT2D eigenvalue weighted by Gasteiger charge is -2.18. The third-order valence-corrected chi connectivity index (χ3v) is 3.87. The molecule has 104 valence electrons. The molecule has 0 amide bonds. The van der Waals surface area contributed by atoms with Crippen molar-refractivity contribution in [3.63, 3.8) is 0 Å². The van der Waals surface area contributed by atoms with E-state index >= 15 is 0 Å². The van der Waals surface area contributed by atoms with E-state index in [0.29, 0.717) is 25.2 Å². The zero-order valence-corrected chi connectivity index (χ0v) is 11.1. The molecule has 2 aliphatic rings. The fourth-order valence-electron chi connectivity index (χ4n) is 2.57. The van der Waals surface area contributed by atoms with Crippen LogP contribution in [0.2, 0.25) is 0 Å². The van der Waals surface area contributed by atoms with Crippen LogP contribution in [0.3, 0.4) is 0 Å². The number of carboxylic acids is 1. The summed E-state index contributed by atoms with van der Waals surface area (Å²) < 4.78 is 5.84. The minimum atomic E-state index is -0.744. The van der Waals surface area contributed by atoms with Gasteiger partial charge in [0.25, 0.3) is 0 Å². The van der Waals surface area contributed by atoms with Gasteiger partial charge in [0.2, 0.25) is 0 Å². The highest BCUT2D eigenvalue weighted by atomic mass is 16.5. The Morgan fingerprint density at radius 2 is 1.83 bits per heavy atom. The average molecular weight is 255 g/mol. The Morgan fingerprint density at radius 3 is 2.39 bits per heavy atom. The maximum atomic E-state index is 11.1. The SMILES string of the molecule is O=C(O)C(CCOC1CCCCCC1)NC1CC1. The lowest BCUT2D eigenvalue weighted by atomic mass is 10.1. The van der Waals surface area contributed by atoms with Gasteiger partial charge in [0.05, 0.1) is 6.10 Å². The van der Waals surface area contributed by atoms with Crippen molar-refractivity contribution in [2.24, 2.45) is 0 Å². The van der Waals surface area contributed by atoms with Crippen molar-refractivity contribution in [2.75, 3.05) is 6.61 Å². The predicted molar refractivity (Wildman–Crippen MR) is 69.6 cm³/mol. The Hall–Kier alpha value is -0.610. The van der Waals surface area contributed by atoms with Gasteiger partial charge < -0.3 is 15.2 Å². The number of nitrogens with one attached hydrogen (secondary N) is 1. The van der Waals surface area contributed by atoms with Crippen molar-refractivity contribution in [3.05, 3.63) is 0 Å². The molecule has 0 aliphatic heterocycles. The van der Waals surface area contributed by atoms with Crippen LogP contribution < -0.4 is 5.32 Å². The molecule has 0 aromatic rings. The Morgan fingerprint density at radius 1 is 1.17 bits per heavy atom. The minimum absolute atomic E-state index is 0.364. The van der Waals surface area contributed by atoms with Gasteiger partial charge in [-0.05, 0) is 32.1 Å². The average Bonchev–Trinajstić information content (AvgIpc) is 3.14. The molecular weight excluding hydrogens is 230 g/mol. The van der Waals surface area contributed by atoms with E-state index in [1.54, 1.807) is 0 Å². The predicted octanol–water partition coefficient (Wildman–Crippen LogP) is 2.32. The van der Waals surface area contributed by atoms with Crippen molar-refractivity contribution in [3.8, 4) is 0 Å². The second-order valence-corrected chi connectivity index (χ2v) is 5.60. The van der Waals surface area contributed by atoms with Gasteiger partial charge in [-0.3, -0.25) is 4.79 Å². The highest BCUT2D eigenvalue weighted by Crippen LogP contribution is 2.21. The fraction of sp³-hybridized carbons (Fsp3) is 0.929. The number of hydrogen-bond acceptors (Lipinski definition) is 3. The molecule has 1 atom stereocenters. The molecule has 2 fully saturated rings. The molecule has 4 heteroatoms. The molecule has 0 saturated heterocycles. The lowest BCUT2D eigenvalue weighted by Crippen LogP contribution is -2.39. The summed E-state index contributed by atoms with van der Waals surface area (Å²) in [7, 11) is 0. The zero-order chi connectivity index (χ0) is 12.8. The van der Waals surface area contributed by atoms with Crippen molar-refractivity contribution in [2.45, 2.75) is 76.0 Å². The lowest BCUT2D eigenvalue weighted by molar-refractivity contribution is -0.140. The molecule has 0 heterocycles. The first-order chi connectivity index (χ1) is 8.75. The zero-order valence-electron chi connectivity index (χ0n) is 11.1. The Bertz CT molecular complexity index is 258. The number of aliphatic carboxylic acids is 1. The Kier molecular flexibility index (Phi) is 5.45. The molecule has 0 bridgehead atoms. The molecule has 2 N–H and O–H groups in total. The monoisotopic (exact) mass is 255 g/mol. The van der Waals surface area contributed by atoms with Crippen LogP contribution in [0.5, 0.6) is 0 Å². The number of carbonyl (C=O) groups is 1. The summed E-state index contributed by atoms with van der Waals surface area (Å²) in [5.41, 5.74) is 0. The second kappa shape index (κ2) is 7.10. The first kappa shape index (κ1) is 13.8. The quantitative estimate of drug-likeness (QED) is 0.685. The van der Waals surface area contributed by atoms with Gasteiger partial charge in [-0.1, -0.05) is 25.7 Å². The van der Waals surface area contributed by atoms with Gasteiger partial charge in [0.15, 0.2) is 0 Å². The van der Waals surface area contributed by atoms with Crippen molar-refractivity contribution >= 4 is 5.97 Å². The van der Waals surface area contributed by atoms with Gasteiger partial charge >= 0.3 is 5.97 Å². The van der Waals surface area contributed by atoms with Gasteiger partial charge in [-0.15, -0.1) is 0 Å². The van der Waals surface area contributed by atoms with Gasteiger partial charge in [0.1, 0.15) is 6.04 Å². The van der Waals surface area contributed by atoms with Crippen LogP contribution in [0.25, 0.3) is 0 Å². The van der Waals surface area contributed by atoms with E-state index in [0.717, 1.165) is 25.7 Å².